The topological polar surface area (TPSA) is 73.0 Å². The van der Waals surface area contributed by atoms with Crippen LogP contribution in [0, 0.1) is 5.92 Å². The summed E-state index contributed by atoms with van der Waals surface area (Å²) in [4.78, 5) is 15.3. The van der Waals surface area contributed by atoms with Gasteiger partial charge in [0.25, 0.3) is 0 Å². The number of oxime groups is 1. The van der Waals surface area contributed by atoms with Crippen LogP contribution in [0.25, 0.3) is 5.48 Å². The second kappa shape index (κ2) is 10.4. The molecule has 0 aliphatic carbocycles. The first-order valence-electron chi connectivity index (χ1n) is 3.37. The quantitative estimate of drug-likeness (QED) is 0.144. The molecule has 1 N–H and O–H groups in total. The van der Waals surface area contributed by atoms with E-state index in [0.29, 0.717) is 0 Å². The number of hydroxylamine groups is 1. The van der Waals surface area contributed by atoms with Gasteiger partial charge < -0.3 is 20.3 Å². The van der Waals surface area contributed by atoms with Crippen molar-refractivity contribution in [1.29, 1.82) is 0 Å². The molecule has 5 nitrogen and oxygen atoms in total. The van der Waals surface area contributed by atoms with Crippen molar-refractivity contribution in [3.8, 4) is 0 Å². The molecule has 0 aromatic carbocycles. The van der Waals surface area contributed by atoms with Crippen molar-refractivity contribution < 1.29 is 66.2 Å². The Morgan fingerprint density at radius 2 is 2.46 bits per heavy atom. The van der Waals surface area contributed by atoms with E-state index in [-0.39, 0.29) is 63.9 Å². The Labute approximate surface area is 120 Å². The Bertz CT molecular complexity index is 185. The Hall–Kier alpha value is 0.276. The van der Waals surface area contributed by atoms with Crippen molar-refractivity contribution in [2.24, 2.45) is 11.1 Å². The van der Waals surface area contributed by atoms with Gasteiger partial charge in [-0.15, -0.1) is 6.58 Å². The van der Waals surface area contributed by atoms with Gasteiger partial charge in [0.1, 0.15) is 0 Å². The zero-order valence-electron chi connectivity index (χ0n) is 7.80. The number of amides is 1. The summed E-state index contributed by atoms with van der Waals surface area (Å²) in [7, 11) is 0. The summed E-state index contributed by atoms with van der Waals surface area (Å²) in [6, 6.07) is 0. The predicted octanol–water partition coefficient (Wildman–Crippen LogP) is -1.90. The van der Waals surface area contributed by atoms with Crippen molar-refractivity contribution in [2.45, 2.75) is 6.92 Å². The van der Waals surface area contributed by atoms with E-state index in [1.165, 1.54) is 6.08 Å². The summed E-state index contributed by atoms with van der Waals surface area (Å²) >= 11 is 0. The molecule has 0 aliphatic heterocycles. The Morgan fingerprint density at radius 3 is 2.92 bits per heavy atom. The second-order valence-corrected chi connectivity index (χ2v) is 2.05. The van der Waals surface area contributed by atoms with E-state index < -0.39 is 5.91 Å². The average Bonchev–Trinajstić information content (AvgIpc) is 2.10. The molecule has 0 rings (SSSR count). The molecule has 0 aromatic heterocycles. The van der Waals surface area contributed by atoms with E-state index in [1.54, 1.807) is 6.92 Å². The van der Waals surface area contributed by atoms with Gasteiger partial charge in [0, 0.05) is 5.92 Å². The average molecular weight is 210 g/mol. The first-order chi connectivity index (χ1) is 5.72. The van der Waals surface area contributed by atoms with Gasteiger partial charge in [0.2, 0.25) is 0 Å². The van der Waals surface area contributed by atoms with Gasteiger partial charge >= 0.3 is 51.4 Å². The van der Waals surface area contributed by atoms with E-state index in [2.05, 4.69) is 22.1 Å². The molecular weight excluding hydrogens is 199 g/mol. The Balaban J connectivity index is 0. The zero-order chi connectivity index (χ0) is 9.40. The van der Waals surface area contributed by atoms with Crippen LogP contribution in [0.2, 0.25) is 0 Å². The Kier molecular flexibility index (Phi) is 12.5. The van der Waals surface area contributed by atoms with Crippen molar-refractivity contribution >= 4 is 12.1 Å². The van der Waals surface area contributed by atoms with E-state index in [1.807, 2.05) is 0 Å². The number of carbonyl (C=O) groups is 1. The SMILES string of the molecule is C=CC(C)C(=O)[N-]OC/C=N/O.[K+]. The fraction of sp³-hybridized carbons (Fsp3) is 0.429. The van der Waals surface area contributed by atoms with Crippen LogP contribution >= 0.6 is 0 Å². The molecule has 0 aliphatic rings. The van der Waals surface area contributed by atoms with Gasteiger partial charge in [-0.2, -0.15) is 0 Å². The molecule has 68 valence electrons. The minimum absolute atomic E-state index is 0. The van der Waals surface area contributed by atoms with Crippen LogP contribution in [0.15, 0.2) is 17.8 Å². The minimum atomic E-state index is -0.406. The molecule has 0 fully saturated rings. The van der Waals surface area contributed by atoms with Gasteiger partial charge in [0.05, 0.1) is 18.7 Å². The molecule has 1 atom stereocenters. The maximum Gasteiger partial charge on any atom is 1.00 e. The van der Waals surface area contributed by atoms with Crippen molar-refractivity contribution in [1.82, 2.24) is 0 Å². The molecule has 13 heavy (non-hydrogen) atoms. The maximum absolute atomic E-state index is 10.9. The van der Waals surface area contributed by atoms with Crippen LogP contribution in [0.3, 0.4) is 0 Å². The van der Waals surface area contributed by atoms with Crippen molar-refractivity contribution in [3.63, 3.8) is 0 Å². The Morgan fingerprint density at radius 1 is 1.85 bits per heavy atom. The monoisotopic (exact) mass is 210 g/mol. The summed E-state index contributed by atoms with van der Waals surface area (Å²) in [6.07, 6.45) is 2.55. The third-order valence-electron chi connectivity index (χ3n) is 1.13. The van der Waals surface area contributed by atoms with E-state index in [0.717, 1.165) is 6.21 Å². The van der Waals surface area contributed by atoms with Crippen LogP contribution in [0.4, 0.5) is 0 Å². The molecule has 0 bridgehead atoms. The molecule has 1 unspecified atom stereocenters. The third kappa shape index (κ3) is 8.60. The third-order valence-corrected chi connectivity index (χ3v) is 1.13. The maximum atomic E-state index is 10.9. The number of nitrogens with zero attached hydrogens (tertiary/aromatic N) is 2. The fourth-order valence-electron chi connectivity index (χ4n) is 0.352. The van der Waals surface area contributed by atoms with Gasteiger partial charge in [-0.3, -0.25) is 0 Å². The van der Waals surface area contributed by atoms with E-state index in [4.69, 9.17) is 5.21 Å². The molecule has 6 heteroatoms. The summed E-state index contributed by atoms with van der Waals surface area (Å²) in [6.45, 7) is 5.06. The van der Waals surface area contributed by atoms with Crippen LogP contribution < -0.4 is 51.4 Å². The molecule has 0 radical (unpaired) electrons. The summed E-state index contributed by atoms with van der Waals surface area (Å²) in [5, 5.41) is 10.6. The smallest absolute Gasteiger partial charge is 0.530 e. The van der Waals surface area contributed by atoms with E-state index in [9.17, 15) is 4.79 Å². The van der Waals surface area contributed by atoms with Gasteiger partial charge in [-0.05, 0) is 0 Å². The van der Waals surface area contributed by atoms with Gasteiger partial charge in [-0.1, -0.05) is 18.2 Å². The molecule has 1 amide bonds. The first kappa shape index (κ1) is 15.7. The summed E-state index contributed by atoms with van der Waals surface area (Å²) < 4.78 is 0. The number of hydrogen-bond acceptors (Lipinski definition) is 4. The summed E-state index contributed by atoms with van der Waals surface area (Å²) in [5.41, 5.74) is 3.22. The van der Waals surface area contributed by atoms with Crippen LogP contribution in [-0.2, 0) is 9.63 Å². The second-order valence-electron chi connectivity index (χ2n) is 2.05. The zero-order valence-corrected chi connectivity index (χ0v) is 10.9. The standard InChI is InChI=1S/C7H12N2O3.K/c1-3-6(2)7(10)9-12-5-4-8-11;/h3-4,6H,1,5H2,2H3,(H2,9,10,11);/q;+1/p-1/b8-4+;. The van der Waals surface area contributed by atoms with Gasteiger partial charge in [-0.25, -0.2) is 0 Å². The molecule has 0 aromatic rings. The summed E-state index contributed by atoms with van der Waals surface area (Å²) in [5.74, 6) is -0.757. The predicted molar refractivity (Wildman–Crippen MR) is 44.0 cm³/mol. The molecule has 0 spiro atoms. The van der Waals surface area contributed by atoms with E-state index >= 15 is 0 Å². The van der Waals surface area contributed by atoms with Gasteiger partial charge in [0.15, 0.2) is 0 Å². The molecular formula is C7H11KN2O3. The minimum Gasteiger partial charge on any atom is -0.530 e. The normalized spacial score (nSPS) is 11.8. The van der Waals surface area contributed by atoms with Crippen molar-refractivity contribution in [2.75, 3.05) is 6.61 Å². The largest absolute Gasteiger partial charge is 1.00 e. The van der Waals surface area contributed by atoms with Crippen LogP contribution in [-0.4, -0.2) is 23.9 Å². The number of carbonyl (C=O) groups excluding carboxylic acids is 1. The number of rotatable bonds is 5. The first-order valence-corrected chi connectivity index (χ1v) is 3.37. The van der Waals surface area contributed by atoms with Crippen LogP contribution in [0.1, 0.15) is 6.92 Å². The molecule has 0 saturated carbocycles. The fourth-order valence-corrected chi connectivity index (χ4v) is 0.352. The molecule has 0 saturated heterocycles. The van der Waals surface area contributed by atoms with Crippen LogP contribution in [0.5, 0.6) is 0 Å². The molecule has 0 heterocycles. The van der Waals surface area contributed by atoms with Crippen molar-refractivity contribution in [3.05, 3.63) is 18.1 Å². The number of hydrogen-bond donors (Lipinski definition) is 1.